The number of carbonyl (C=O) groups is 3. The number of ether oxygens (including phenoxy) is 2. The molecule has 10 heteroatoms. The summed E-state index contributed by atoms with van der Waals surface area (Å²) in [6, 6.07) is 5.04. The molecule has 34 heavy (non-hydrogen) atoms. The molecule has 0 aliphatic heterocycles. The van der Waals surface area contributed by atoms with Crippen LogP contribution in [0.25, 0.3) is 0 Å². The number of carbonyl (C=O) groups excluding carboxylic acids is 3. The van der Waals surface area contributed by atoms with E-state index in [9.17, 15) is 24.5 Å². The summed E-state index contributed by atoms with van der Waals surface area (Å²) < 4.78 is 10.1. The number of esters is 1. The van der Waals surface area contributed by atoms with Crippen molar-refractivity contribution in [2.45, 2.75) is 59.5 Å². The lowest BCUT2D eigenvalue weighted by atomic mass is 9.85. The van der Waals surface area contributed by atoms with Gasteiger partial charge in [-0.05, 0) is 35.4 Å². The van der Waals surface area contributed by atoms with E-state index >= 15 is 0 Å². The summed E-state index contributed by atoms with van der Waals surface area (Å²) in [6.45, 7) is 8.50. The van der Waals surface area contributed by atoms with Crippen LogP contribution in [0.3, 0.4) is 0 Å². The second kappa shape index (κ2) is 12.9. The van der Waals surface area contributed by atoms with Crippen LogP contribution in [0.15, 0.2) is 24.3 Å². The first kappa shape index (κ1) is 28.9. The minimum absolute atomic E-state index is 0.0594. The molecule has 0 heterocycles. The molecule has 1 rings (SSSR count). The Hall–Kier alpha value is -3.17. The number of rotatable bonds is 12. The first-order valence-corrected chi connectivity index (χ1v) is 11.2. The lowest BCUT2D eigenvalue weighted by Crippen LogP contribution is -2.58. The minimum atomic E-state index is -1.03. The van der Waals surface area contributed by atoms with Crippen LogP contribution in [0.2, 0.25) is 0 Å². The van der Waals surface area contributed by atoms with Crippen molar-refractivity contribution in [3.05, 3.63) is 39.9 Å². The molecule has 0 saturated carbocycles. The van der Waals surface area contributed by atoms with E-state index in [-0.39, 0.29) is 12.3 Å². The lowest BCUT2D eigenvalue weighted by Gasteiger charge is -2.32. The van der Waals surface area contributed by atoms with Gasteiger partial charge >= 0.3 is 5.97 Å². The number of benzene rings is 1. The molecule has 0 aliphatic rings. The number of nitrogens with one attached hydrogen (secondary N) is 2. The highest BCUT2D eigenvalue weighted by Crippen LogP contribution is 2.22. The third kappa shape index (κ3) is 9.36. The highest BCUT2D eigenvalue weighted by molar-refractivity contribution is 5.92. The largest absolute Gasteiger partial charge is 0.497 e. The molecule has 0 bridgehead atoms. The molecule has 0 fully saturated rings. The summed E-state index contributed by atoms with van der Waals surface area (Å²) in [4.78, 5) is 49.1. The Labute approximate surface area is 200 Å². The maximum absolute atomic E-state index is 13.2. The second-order valence-corrected chi connectivity index (χ2v) is 9.79. The van der Waals surface area contributed by atoms with Gasteiger partial charge in [0.25, 0.3) is 0 Å². The zero-order chi connectivity index (χ0) is 26.1. The first-order chi connectivity index (χ1) is 15.8. The van der Waals surface area contributed by atoms with Crippen LogP contribution in [0, 0.1) is 27.4 Å². The fraction of sp³-hybridized carbons (Fsp3) is 0.625. The highest BCUT2D eigenvalue weighted by atomic mass is 16.6. The first-order valence-electron chi connectivity index (χ1n) is 11.2. The van der Waals surface area contributed by atoms with Crippen LogP contribution < -0.4 is 15.4 Å². The van der Waals surface area contributed by atoms with Crippen molar-refractivity contribution in [3.63, 3.8) is 0 Å². The highest BCUT2D eigenvalue weighted by Gasteiger charge is 2.37. The normalized spacial score (nSPS) is 14.0. The fourth-order valence-electron chi connectivity index (χ4n) is 3.57. The second-order valence-electron chi connectivity index (χ2n) is 9.79. The number of hydrogen-bond donors (Lipinski definition) is 2. The minimum Gasteiger partial charge on any atom is -0.497 e. The molecule has 0 spiro atoms. The van der Waals surface area contributed by atoms with Crippen LogP contribution in [-0.2, 0) is 25.5 Å². The van der Waals surface area contributed by atoms with Gasteiger partial charge in [-0.1, -0.05) is 46.8 Å². The maximum atomic E-state index is 13.2. The molecule has 0 unspecified atom stereocenters. The topological polar surface area (TPSA) is 137 Å². The molecule has 190 valence electrons. The van der Waals surface area contributed by atoms with Crippen molar-refractivity contribution in [3.8, 4) is 5.75 Å². The van der Waals surface area contributed by atoms with Crippen molar-refractivity contribution in [2.75, 3.05) is 20.8 Å². The Morgan fingerprint density at radius 2 is 1.74 bits per heavy atom. The average Bonchev–Trinajstić information content (AvgIpc) is 2.74. The van der Waals surface area contributed by atoms with Crippen LogP contribution in [0.5, 0.6) is 5.75 Å². The Kier molecular flexibility index (Phi) is 11.0. The van der Waals surface area contributed by atoms with Crippen LogP contribution >= 0.6 is 0 Å². The van der Waals surface area contributed by atoms with Crippen molar-refractivity contribution in [2.24, 2.45) is 17.3 Å². The van der Waals surface area contributed by atoms with E-state index in [1.807, 2.05) is 13.8 Å². The van der Waals surface area contributed by atoms with Crippen molar-refractivity contribution < 1.29 is 28.8 Å². The summed E-state index contributed by atoms with van der Waals surface area (Å²) in [6.07, 6.45) is 0.462. The molecule has 10 nitrogen and oxygen atoms in total. The summed E-state index contributed by atoms with van der Waals surface area (Å²) in [7, 11) is 2.75. The lowest BCUT2D eigenvalue weighted by molar-refractivity contribution is -0.486. The molecule has 3 atom stereocenters. The number of nitrogens with zero attached hydrogens (tertiary/aromatic N) is 1. The monoisotopic (exact) mass is 479 g/mol. The van der Waals surface area contributed by atoms with Crippen molar-refractivity contribution in [1.82, 2.24) is 10.6 Å². The molecule has 1 aromatic rings. The summed E-state index contributed by atoms with van der Waals surface area (Å²) in [5.74, 6) is -1.99. The van der Waals surface area contributed by atoms with Crippen LogP contribution in [0.1, 0.15) is 46.6 Å². The summed E-state index contributed by atoms with van der Waals surface area (Å²) in [5, 5.41) is 16.4. The molecular formula is C24H37N3O7. The van der Waals surface area contributed by atoms with E-state index in [4.69, 9.17) is 9.47 Å². The van der Waals surface area contributed by atoms with Gasteiger partial charge < -0.3 is 20.1 Å². The molecule has 0 aliphatic carbocycles. The number of amides is 2. The molecule has 0 radical (unpaired) electrons. The quantitative estimate of drug-likeness (QED) is 0.267. The van der Waals surface area contributed by atoms with Gasteiger partial charge in [0.05, 0.1) is 14.2 Å². The summed E-state index contributed by atoms with van der Waals surface area (Å²) in [5.41, 5.74) is 0.0160. The molecule has 0 saturated heterocycles. The number of methoxy groups -OCH3 is 2. The van der Waals surface area contributed by atoms with Crippen molar-refractivity contribution >= 4 is 17.8 Å². The third-order valence-electron chi connectivity index (χ3n) is 5.29. The van der Waals surface area contributed by atoms with E-state index in [2.05, 4.69) is 10.6 Å². The van der Waals surface area contributed by atoms with Crippen LogP contribution in [0.4, 0.5) is 0 Å². The van der Waals surface area contributed by atoms with Crippen LogP contribution in [-0.4, -0.2) is 55.6 Å². The van der Waals surface area contributed by atoms with E-state index in [0.29, 0.717) is 12.2 Å². The third-order valence-corrected chi connectivity index (χ3v) is 5.29. The summed E-state index contributed by atoms with van der Waals surface area (Å²) >= 11 is 0. The average molecular weight is 480 g/mol. The maximum Gasteiger partial charge on any atom is 0.328 e. The van der Waals surface area contributed by atoms with E-state index in [1.165, 1.54) is 14.2 Å². The Morgan fingerprint density at radius 3 is 2.24 bits per heavy atom. The Morgan fingerprint density at radius 1 is 1.09 bits per heavy atom. The number of hydrogen-bond acceptors (Lipinski definition) is 7. The molecular weight excluding hydrogens is 442 g/mol. The Bertz CT molecular complexity index is 864. The predicted octanol–water partition coefficient (Wildman–Crippen LogP) is 2.37. The van der Waals surface area contributed by atoms with E-state index in [1.54, 1.807) is 45.0 Å². The molecule has 0 aromatic heterocycles. The molecule has 2 N–H and O–H groups in total. The van der Waals surface area contributed by atoms with E-state index < -0.39 is 52.7 Å². The van der Waals surface area contributed by atoms with Gasteiger partial charge in [0.15, 0.2) is 0 Å². The number of nitro groups is 1. The SMILES string of the molecule is COC(=O)[C@@H](Cc1cccc(OC)c1)NC(=O)[C@@H](NC(=O)[C@H](CC(C)C)C[N+](=O)[O-])C(C)(C)C. The molecule has 1 aromatic carbocycles. The predicted molar refractivity (Wildman–Crippen MR) is 127 cm³/mol. The van der Waals surface area contributed by atoms with E-state index in [0.717, 1.165) is 5.56 Å². The van der Waals surface area contributed by atoms with Gasteiger partial charge in [0, 0.05) is 11.3 Å². The zero-order valence-corrected chi connectivity index (χ0v) is 21.0. The van der Waals surface area contributed by atoms with Gasteiger partial charge in [-0.2, -0.15) is 0 Å². The van der Waals surface area contributed by atoms with Crippen molar-refractivity contribution in [1.29, 1.82) is 0 Å². The van der Waals surface area contributed by atoms with Gasteiger partial charge in [-0.15, -0.1) is 0 Å². The Balaban J connectivity index is 3.11. The van der Waals surface area contributed by atoms with Gasteiger partial charge in [0.2, 0.25) is 18.4 Å². The van der Waals surface area contributed by atoms with Gasteiger partial charge in [0.1, 0.15) is 23.8 Å². The molecule has 2 amide bonds. The standard InChI is InChI=1S/C24H37N3O7/c1-15(2)11-17(14-27(31)32)21(28)26-20(24(3,4)5)22(29)25-19(23(30)34-7)13-16-9-8-10-18(12-16)33-6/h8-10,12,15,17,19-20H,11,13-14H2,1-7H3,(H,25,29)(H,26,28)/t17-,19-,20-/m1/s1. The zero-order valence-electron chi connectivity index (χ0n) is 21.0. The smallest absolute Gasteiger partial charge is 0.328 e. The fourth-order valence-corrected chi connectivity index (χ4v) is 3.57. The van der Waals surface area contributed by atoms with Gasteiger partial charge in [-0.25, -0.2) is 4.79 Å². The van der Waals surface area contributed by atoms with Gasteiger partial charge in [-0.3, -0.25) is 19.7 Å².